The molecule has 7 heteroatoms. The van der Waals surface area contributed by atoms with Crippen LogP contribution in [0.5, 0.6) is 0 Å². The van der Waals surface area contributed by atoms with E-state index in [4.69, 9.17) is 5.11 Å². The number of carbonyl (C=O) groups excluding carboxylic acids is 1. The molecule has 2 heterocycles. The molecule has 0 radical (unpaired) electrons. The van der Waals surface area contributed by atoms with Gasteiger partial charge in [0.15, 0.2) is 0 Å². The van der Waals surface area contributed by atoms with Crippen molar-refractivity contribution in [3.63, 3.8) is 0 Å². The summed E-state index contributed by atoms with van der Waals surface area (Å²) < 4.78 is 0. The highest BCUT2D eigenvalue weighted by atomic mass is 32.2. The Hall–Kier alpha value is -1.21. The van der Waals surface area contributed by atoms with Crippen molar-refractivity contribution >= 4 is 35.1 Å². The van der Waals surface area contributed by atoms with Gasteiger partial charge in [0.25, 0.3) is 0 Å². The molecule has 2 rings (SSSR count). The fraction of sp³-hybridized carbons (Fsp3) is 0.500. The number of nitrogens with zero attached hydrogens (tertiary/aromatic N) is 1. The average Bonchev–Trinajstić information content (AvgIpc) is 2.97. The van der Waals surface area contributed by atoms with Crippen LogP contribution in [-0.2, 0) is 11.2 Å². The lowest BCUT2D eigenvalue weighted by molar-refractivity contribution is -0.140. The van der Waals surface area contributed by atoms with Crippen molar-refractivity contribution in [3.8, 4) is 0 Å². The maximum atomic E-state index is 12.0. The zero-order valence-electron chi connectivity index (χ0n) is 10.5. The first kappa shape index (κ1) is 14.2. The maximum absolute atomic E-state index is 12.0. The first-order chi connectivity index (χ1) is 9.08. The molecule has 2 N–H and O–H groups in total. The number of rotatable bonds is 4. The molecule has 0 spiro atoms. The monoisotopic (exact) mass is 300 g/mol. The van der Waals surface area contributed by atoms with Gasteiger partial charge >= 0.3 is 12.0 Å². The second-order valence-electron chi connectivity index (χ2n) is 4.46. The van der Waals surface area contributed by atoms with Crippen molar-refractivity contribution in [2.75, 3.05) is 11.6 Å². The van der Waals surface area contributed by atoms with Crippen molar-refractivity contribution in [1.29, 1.82) is 0 Å². The number of thioether (sulfide) groups is 1. The second kappa shape index (κ2) is 6.29. The standard InChI is InChI=1S/C12H16N2O3S2/c1-8(5-9-3-2-4-19-9)13-12(17)14-7-18-6-10(14)11(15)16/h2-4,8,10H,5-7H2,1H3,(H,13,17)(H,15,16). The largest absolute Gasteiger partial charge is 0.480 e. The van der Waals surface area contributed by atoms with Gasteiger partial charge in [0.05, 0.1) is 5.88 Å². The van der Waals surface area contributed by atoms with Crippen LogP contribution in [0.1, 0.15) is 11.8 Å². The third-order valence-electron chi connectivity index (χ3n) is 2.89. The Morgan fingerprint density at radius 1 is 1.63 bits per heavy atom. The topological polar surface area (TPSA) is 69.6 Å². The first-order valence-electron chi connectivity index (χ1n) is 5.98. The summed E-state index contributed by atoms with van der Waals surface area (Å²) in [6.07, 6.45) is 0.766. The molecule has 1 aliphatic rings. The van der Waals surface area contributed by atoms with Gasteiger partial charge in [-0.05, 0) is 18.4 Å². The van der Waals surface area contributed by atoms with E-state index in [9.17, 15) is 9.59 Å². The number of hydrogen-bond donors (Lipinski definition) is 2. The quantitative estimate of drug-likeness (QED) is 0.890. The van der Waals surface area contributed by atoms with Gasteiger partial charge in [-0.3, -0.25) is 0 Å². The molecule has 0 aliphatic carbocycles. The molecule has 5 nitrogen and oxygen atoms in total. The summed E-state index contributed by atoms with van der Waals surface area (Å²) in [5, 5.41) is 13.9. The number of carboxylic acids is 1. The molecular formula is C12H16N2O3S2. The van der Waals surface area contributed by atoms with Crippen LogP contribution in [-0.4, -0.2) is 45.7 Å². The van der Waals surface area contributed by atoms with E-state index < -0.39 is 12.0 Å². The van der Waals surface area contributed by atoms with Crippen LogP contribution in [0.25, 0.3) is 0 Å². The zero-order chi connectivity index (χ0) is 13.8. The summed E-state index contributed by atoms with van der Waals surface area (Å²) in [6.45, 7) is 1.93. The molecule has 0 aromatic carbocycles. The minimum absolute atomic E-state index is 0.00815. The third-order valence-corrected chi connectivity index (χ3v) is 4.80. The Morgan fingerprint density at radius 3 is 3.05 bits per heavy atom. The van der Waals surface area contributed by atoms with E-state index in [1.54, 1.807) is 11.3 Å². The molecule has 1 aliphatic heterocycles. The fourth-order valence-electron chi connectivity index (χ4n) is 1.92. The van der Waals surface area contributed by atoms with Crippen molar-refractivity contribution in [2.24, 2.45) is 0 Å². The Labute approximate surface area is 120 Å². The van der Waals surface area contributed by atoms with Gasteiger partial charge in [0.2, 0.25) is 0 Å². The highest BCUT2D eigenvalue weighted by Gasteiger charge is 2.34. The number of nitrogens with one attached hydrogen (secondary N) is 1. The number of aliphatic carboxylic acids is 1. The van der Waals surface area contributed by atoms with E-state index in [0.29, 0.717) is 11.6 Å². The number of urea groups is 1. The van der Waals surface area contributed by atoms with Gasteiger partial charge in [-0.15, -0.1) is 23.1 Å². The summed E-state index contributed by atoms with van der Waals surface area (Å²) in [7, 11) is 0. The zero-order valence-corrected chi connectivity index (χ0v) is 12.2. The molecule has 2 unspecified atom stereocenters. The predicted molar refractivity (Wildman–Crippen MR) is 76.6 cm³/mol. The van der Waals surface area contributed by atoms with Crippen LogP contribution in [0.3, 0.4) is 0 Å². The molecule has 1 aromatic heterocycles. The van der Waals surface area contributed by atoms with E-state index in [1.807, 2.05) is 24.4 Å². The van der Waals surface area contributed by atoms with Crippen LogP contribution in [0, 0.1) is 0 Å². The van der Waals surface area contributed by atoms with Gasteiger partial charge in [-0.2, -0.15) is 0 Å². The fourth-order valence-corrected chi connectivity index (χ4v) is 3.90. The van der Waals surface area contributed by atoms with E-state index in [1.165, 1.54) is 21.5 Å². The lowest BCUT2D eigenvalue weighted by Crippen LogP contribution is -2.49. The smallest absolute Gasteiger partial charge is 0.327 e. The molecule has 2 amide bonds. The summed E-state index contributed by atoms with van der Waals surface area (Å²) in [5.74, 6) is -0.0394. The minimum Gasteiger partial charge on any atom is -0.480 e. The molecule has 1 saturated heterocycles. The Morgan fingerprint density at radius 2 is 2.42 bits per heavy atom. The lowest BCUT2D eigenvalue weighted by Gasteiger charge is -2.23. The van der Waals surface area contributed by atoms with Crippen molar-refractivity contribution < 1.29 is 14.7 Å². The highest BCUT2D eigenvalue weighted by Crippen LogP contribution is 2.21. The Bertz CT molecular complexity index is 450. The lowest BCUT2D eigenvalue weighted by atomic mass is 10.2. The first-order valence-corrected chi connectivity index (χ1v) is 8.01. The van der Waals surface area contributed by atoms with Crippen LogP contribution in [0.15, 0.2) is 17.5 Å². The summed E-state index contributed by atoms with van der Waals surface area (Å²) in [4.78, 5) is 25.7. The van der Waals surface area contributed by atoms with E-state index >= 15 is 0 Å². The Kier molecular flexibility index (Phi) is 4.71. The summed E-state index contributed by atoms with van der Waals surface area (Å²) in [6, 6.07) is 3.00. The number of carbonyl (C=O) groups is 2. The SMILES string of the molecule is CC(Cc1cccs1)NC(=O)N1CSCC1C(=O)O. The highest BCUT2D eigenvalue weighted by molar-refractivity contribution is 7.99. The van der Waals surface area contributed by atoms with Gasteiger partial charge in [0, 0.05) is 23.1 Å². The van der Waals surface area contributed by atoms with Crippen LogP contribution in [0.2, 0.25) is 0 Å². The molecular weight excluding hydrogens is 284 g/mol. The number of carboxylic acid groups (broad SMARTS) is 1. The normalized spacial score (nSPS) is 20.3. The molecule has 0 bridgehead atoms. The van der Waals surface area contributed by atoms with Crippen LogP contribution >= 0.6 is 23.1 Å². The van der Waals surface area contributed by atoms with Crippen molar-refractivity contribution in [3.05, 3.63) is 22.4 Å². The number of hydrogen-bond acceptors (Lipinski definition) is 4. The van der Waals surface area contributed by atoms with Crippen LogP contribution < -0.4 is 5.32 Å². The van der Waals surface area contributed by atoms with Crippen LogP contribution in [0.4, 0.5) is 4.79 Å². The molecule has 104 valence electrons. The van der Waals surface area contributed by atoms with E-state index in [2.05, 4.69) is 5.32 Å². The average molecular weight is 300 g/mol. The van der Waals surface area contributed by atoms with E-state index in [-0.39, 0.29) is 12.1 Å². The molecule has 2 atom stereocenters. The summed E-state index contributed by atoms with van der Waals surface area (Å²) >= 11 is 3.12. The molecule has 19 heavy (non-hydrogen) atoms. The van der Waals surface area contributed by atoms with Gasteiger partial charge in [-0.25, -0.2) is 9.59 Å². The number of amides is 2. The Balaban J connectivity index is 1.88. The predicted octanol–water partition coefficient (Wildman–Crippen LogP) is 1.85. The molecule has 0 saturated carbocycles. The second-order valence-corrected chi connectivity index (χ2v) is 6.49. The summed E-state index contributed by atoms with van der Waals surface area (Å²) in [5.41, 5.74) is 0. The van der Waals surface area contributed by atoms with Gasteiger partial charge in [0.1, 0.15) is 6.04 Å². The van der Waals surface area contributed by atoms with Gasteiger partial charge in [-0.1, -0.05) is 6.07 Å². The maximum Gasteiger partial charge on any atom is 0.327 e. The number of thiophene rings is 1. The minimum atomic E-state index is -0.939. The van der Waals surface area contributed by atoms with Crippen molar-refractivity contribution in [2.45, 2.75) is 25.4 Å². The third kappa shape index (κ3) is 3.63. The molecule has 1 fully saturated rings. The van der Waals surface area contributed by atoms with Gasteiger partial charge < -0.3 is 15.3 Å². The molecule has 1 aromatic rings. The van der Waals surface area contributed by atoms with Crippen molar-refractivity contribution in [1.82, 2.24) is 10.2 Å². The van der Waals surface area contributed by atoms with E-state index in [0.717, 1.165) is 6.42 Å².